The monoisotopic (exact) mass is 329 g/mol. The number of nitrogens with zero attached hydrogens (tertiary/aromatic N) is 1. The molecule has 5 nitrogen and oxygen atoms in total. The summed E-state index contributed by atoms with van der Waals surface area (Å²) in [5.41, 5.74) is 0.513. The second kappa shape index (κ2) is 6.50. The summed E-state index contributed by atoms with van der Waals surface area (Å²) in [6, 6.07) is 3.74. The van der Waals surface area contributed by atoms with E-state index in [2.05, 4.69) is 15.0 Å². The molecule has 0 aliphatic heterocycles. The van der Waals surface area contributed by atoms with Gasteiger partial charge >= 0.3 is 0 Å². The van der Waals surface area contributed by atoms with Crippen LogP contribution in [0.3, 0.4) is 0 Å². The van der Waals surface area contributed by atoms with Crippen LogP contribution in [0.4, 0.5) is 9.52 Å². The number of thiazole rings is 1. The summed E-state index contributed by atoms with van der Waals surface area (Å²) in [6.07, 6.45) is 1.58. The predicted molar refractivity (Wildman–Crippen MR) is 81.4 cm³/mol. The molecule has 8 heteroatoms. The lowest BCUT2D eigenvalue weighted by molar-refractivity contribution is 0.590. The second-order valence-electron chi connectivity index (χ2n) is 4.41. The molecule has 2 N–H and O–H groups in total. The van der Waals surface area contributed by atoms with Crippen molar-refractivity contribution in [3.8, 4) is 0 Å². The van der Waals surface area contributed by atoms with E-state index >= 15 is 0 Å². The lowest BCUT2D eigenvalue weighted by Crippen LogP contribution is -2.19. The first-order valence-electron chi connectivity index (χ1n) is 6.37. The zero-order valence-corrected chi connectivity index (χ0v) is 13.3. The summed E-state index contributed by atoms with van der Waals surface area (Å²) in [4.78, 5) is 4.78. The van der Waals surface area contributed by atoms with Crippen molar-refractivity contribution >= 4 is 26.5 Å². The van der Waals surface area contributed by atoms with Crippen molar-refractivity contribution in [3.05, 3.63) is 40.7 Å². The van der Waals surface area contributed by atoms with E-state index in [1.165, 1.54) is 23.5 Å². The van der Waals surface area contributed by atoms with Gasteiger partial charge in [0.15, 0.2) is 5.13 Å². The van der Waals surface area contributed by atoms with Crippen molar-refractivity contribution in [2.45, 2.75) is 25.3 Å². The number of sulfonamides is 1. The summed E-state index contributed by atoms with van der Waals surface area (Å²) in [5.74, 6) is -0.592. The summed E-state index contributed by atoms with van der Waals surface area (Å²) < 4.78 is 40.6. The number of hydrogen-bond donors (Lipinski definition) is 2. The fraction of sp³-hybridized carbons (Fsp3) is 0.308. The van der Waals surface area contributed by atoms with E-state index in [0.717, 1.165) is 10.9 Å². The van der Waals surface area contributed by atoms with E-state index < -0.39 is 15.8 Å². The smallest absolute Gasteiger partial charge is 0.264 e. The minimum absolute atomic E-state index is 0.0729. The molecular formula is C13H16FN3O2S2. The Morgan fingerprint density at radius 2 is 2.14 bits per heavy atom. The molecule has 1 heterocycles. The minimum Gasteiger partial charge on any atom is -0.313 e. The highest BCUT2D eigenvalue weighted by atomic mass is 32.2. The quantitative estimate of drug-likeness (QED) is 0.854. The Morgan fingerprint density at radius 3 is 2.76 bits per heavy atom. The van der Waals surface area contributed by atoms with E-state index in [1.54, 1.807) is 6.20 Å². The van der Waals surface area contributed by atoms with E-state index in [4.69, 9.17) is 0 Å². The highest BCUT2D eigenvalue weighted by Crippen LogP contribution is 2.23. The van der Waals surface area contributed by atoms with Gasteiger partial charge in [0.05, 0.1) is 4.90 Å². The van der Waals surface area contributed by atoms with Crippen molar-refractivity contribution < 1.29 is 12.8 Å². The average molecular weight is 329 g/mol. The molecule has 1 aromatic heterocycles. The number of rotatable bonds is 6. The van der Waals surface area contributed by atoms with Crippen LogP contribution in [0.15, 0.2) is 29.3 Å². The molecule has 21 heavy (non-hydrogen) atoms. The fourth-order valence-electron chi connectivity index (χ4n) is 1.76. The molecule has 0 unspecified atom stereocenters. The molecule has 0 fully saturated rings. The highest BCUT2D eigenvalue weighted by Gasteiger charge is 2.20. The van der Waals surface area contributed by atoms with E-state index in [0.29, 0.717) is 18.7 Å². The number of aryl methyl sites for hydroxylation is 1. The summed E-state index contributed by atoms with van der Waals surface area (Å²) >= 11 is 1.23. The van der Waals surface area contributed by atoms with Crippen LogP contribution in [0, 0.1) is 12.7 Å². The molecular weight excluding hydrogens is 313 g/mol. The van der Waals surface area contributed by atoms with Gasteiger partial charge in [-0.05, 0) is 31.2 Å². The van der Waals surface area contributed by atoms with Crippen LogP contribution in [-0.4, -0.2) is 19.9 Å². The van der Waals surface area contributed by atoms with E-state index in [9.17, 15) is 12.8 Å². The third kappa shape index (κ3) is 3.99. The molecule has 0 radical (unpaired) electrons. The molecule has 0 atom stereocenters. The third-order valence-electron chi connectivity index (χ3n) is 2.73. The van der Waals surface area contributed by atoms with Crippen molar-refractivity contribution in [1.29, 1.82) is 0 Å². The number of aromatic nitrogens is 1. The topological polar surface area (TPSA) is 71.1 Å². The van der Waals surface area contributed by atoms with Crippen LogP contribution in [0.1, 0.15) is 17.4 Å². The molecule has 0 amide bonds. The van der Waals surface area contributed by atoms with Gasteiger partial charge in [-0.2, -0.15) is 0 Å². The number of benzene rings is 1. The highest BCUT2D eigenvalue weighted by molar-refractivity contribution is 7.93. The first-order valence-corrected chi connectivity index (χ1v) is 8.66. The zero-order valence-electron chi connectivity index (χ0n) is 11.7. The van der Waals surface area contributed by atoms with Crippen molar-refractivity contribution in [2.24, 2.45) is 0 Å². The third-order valence-corrected chi connectivity index (χ3v) is 5.11. The minimum atomic E-state index is -3.87. The SMILES string of the molecule is CCNCc1ccc(F)cc1S(=O)(=O)Nc1ncc(C)s1. The normalized spacial score (nSPS) is 11.6. The molecule has 0 saturated heterocycles. The number of hydrogen-bond acceptors (Lipinski definition) is 5. The van der Waals surface area contributed by atoms with Crippen molar-refractivity contribution in [3.63, 3.8) is 0 Å². The van der Waals surface area contributed by atoms with Gasteiger partial charge in [0.2, 0.25) is 0 Å². The van der Waals surface area contributed by atoms with Gasteiger partial charge in [-0.15, -0.1) is 11.3 Å². The molecule has 0 bridgehead atoms. The molecule has 0 aliphatic rings. The maximum atomic E-state index is 13.4. The Bertz CT molecular complexity index is 729. The molecule has 1 aromatic carbocycles. The average Bonchev–Trinajstić information content (AvgIpc) is 2.82. The fourth-order valence-corrected chi connectivity index (χ4v) is 3.91. The molecule has 2 rings (SSSR count). The van der Waals surface area contributed by atoms with Crippen LogP contribution >= 0.6 is 11.3 Å². The van der Waals surface area contributed by atoms with E-state index in [-0.39, 0.29) is 10.0 Å². The standard InChI is InChI=1S/C13H16FN3O2S2/c1-3-15-8-10-4-5-11(14)6-12(10)21(18,19)17-13-16-7-9(2)20-13/h4-7,15H,3,8H2,1-2H3,(H,16,17). The number of halogens is 1. The Balaban J connectivity index is 2.35. The Morgan fingerprint density at radius 1 is 1.38 bits per heavy atom. The molecule has 0 spiro atoms. The van der Waals surface area contributed by atoms with Gasteiger partial charge in [0, 0.05) is 17.6 Å². The Hall–Kier alpha value is -1.51. The summed E-state index contributed by atoms with van der Waals surface area (Å²) in [5, 5.41) is 3.31. The molecule has 114 valence electrons. The predicted octanol–water partition coefficient (Wildman–Crippen LogP) is 2.50. The molecule has 2 aromatic rings. The number of nitrogens with one attached hydrogen (secondary N) is 2. The lowest BCUT2D eigenvalue weighted by atomic mass is 10.2. The second-order valence-corrected chi connectivity index (χ2v) is 7.30. The van der Waals surface area contributed by atoms with Gasteiger partial charge in [0.25, 0.3) is 10.0 Å². The van der Waals surface area contributed by atoms with Gasteiger partial charge in [-0.3, -0.25) is 4.72 Å². The van der Waals surface area contributed by atoms with Crippen LogP contribution < -0.4 is 10.0 Å². The summed E-state index contributed by atoms with van der Waals surface area (Å²) in [6.45, 7) is 4.78. The largest absolute Gasteiger partial charge is 0.313 e. The van der Waals surface area contributed by atoms with Gasteiger partial charge in [-0.1, -0.05) is 13.0 Å². The van der Waals surface area contributed by atoms with Crippen LogP contribution in [0.5, 0.6) is 0 Å². The van der Waals surface area contributed by atoms with Crippen LogP contribution in [0.2, 0.25) is 0 Å². The van der Waals surface area contributed by atoms with Crippen molar-refractivity contribution in [1.82, 2.24) is 10.3 Å². The van der Waals surface area contributed by atoms with Gasteiger partial charge in [0.1, 0.15) is 5.82 Å². The molecule has 0 aliphatic carbocycles. The Kier molecular flexibility index (Phi) is 4.92. The lowest BCUT2D eigenvalue weighted by Gasteiger charge is -2.11. The Labute approximate surface area is 127 Å². The number of anilines is 1. The maximum absolute atomic E-state index is 13.4. The first kappa shape index (κ1) is 15.9. The molecule has 0 saturated carbocycles. The van der Waals surface area contributed by atoms with E-state index in [1.807, 2.05) is 13.8 Å². The van der Waals surface area contributed by atoms with Gasteiger partial charge in [-0.25, -0.2) is 17.8 Å². The zero-order chi connectivity index (χ0) is 15.5. The maximum Gasteiger partial charge on any atom is 0.264 e. The first-order chi connectivity index (χ1) is 9.92. The van der Waals surface area contributed by atoms with Gasteiger partial charge < -0.3 is 5.32 Å². The van der Waals surface area contributed by atoms with Crippen LogP contribution in [0.25, 0.3) is 0 Å². The summed E-state index contributed by atoms with van der Waals surface area (Å²) in [7, 11) is -3.87. The van der Waals surface area contributed by atoms with Crippen molar-refractivity contribution in [2.75, 3.05) is 11.3 Å². The van der Waals surface area contributed by atoms with Crippen LogP contribution in [-0.2, 0) is 16.6 Å².